The van der Waals surface area contributed by atoms with Gasteiger partial charge < -0.3 is 15.1 Å². The monoisotopic (exact) mass is 364 g/mol. The Morgan fingerprint density at radius 1 is 1.11 bits per heavy atom. The lowest BCUT2D eigenvalue weighted by Gasteiger charge is -2.32. The fraction of sp³-hybridized carbons (Fsp3) is 0.286. The highest BCUT2D eigenvalue weighted by Crippen LogP contribution is 2.39. The molecule has 27 heavy (non-hydrogen) atoms. The number of ketones is 1. The van der Waals surface area contributed by atoms with Crippen molar-refractivity contribution in [1.29, 1.82) is 0 Å². The average Bonchev–Trinajstić information content (AvgIpc) is 3.17. The van der Waals surface area contributed by atoms with Gasteiger partial charge in [-0.15, -0.1) is 0 Å². The van der Waals surface area contributed by atoms with Crippen LogP contribution >= 0.6 is 0 Å². The fourth-order valence-electron chi connectivity index (χ4n) is 3.78. The number of amides is 2. The van der Waals surface area contributed by atoms with E-state index in [9.17, 15) is 14.4 Å². The lowest BCUT2D eigenvalue weighted by Crippen LogP contribution is -2.43. The normalized spacial score (nSPS) is 22.3. The first-order chi connectivity index (χ1) is 13.0. The number of carbonyl (C=O) groups is 3. The van der Waals surface area contributed by atoms with E-state index in [-0.39, 0.29) is 36.4 Å². The second-order valence-corrected chi connectivity index (χ2v) is 7.10. The molecular weight excluding hydrogens is 344 g/mol. The van der Waals surface area contributed by atoms with Gasteiger partial charge in [-0.1, -0.05) is 17.7 Å². The van der Waals surface area contributed by atoms with Crippen molar-refractivity contribution in [1.82, 2.24) is 5.32 Å². The standard InChI is InChI=1S/C21H20N2O4/c1-12-4-6-14(7-5-12)22-21(26)15-11-19(25)23-16-9-13(10-17(24)20(15)16)18-3-2-8-27-18/h2-8,13,15H,9-11H2,1H3,(H,22,26)(H,23,25)/t13-,15-/m0/s1. The minimum absolute atomic E-state index is 0.0202. The molecule has 0 bridgehead atoms. The van der Waals surface area contributed by atoms with Crippen molar-refractivity contribution < 1.29 is 18.8 Å². The number of benzene rings is 1. The van der Waals surface area contributed by atoms with E-state index in [0.717, 1.165) is 11.3 Å². The molecule has 1 aliphatic heterocycles. The molecule has 1 aromatic carbocycles. The Morgan fingerprint density at radius 3 is 2.59 bits per heavy atom. The summed E-state index contributed by atoms with van der Waals surface area (Å²) in [7, 11) is 0. The molecule has 1 aromatic heterocycles. The summed E-state index contributed by atoms with van der Waals surface area (Å²) in [5.41, 5.74) is 2.71. The maximum atomic E-state index is 12.8. The van der Waals surface area contributed by atoms with Gasteiger partial charge >= 0.3 is 0 Å². The summed E-state index contributed by atoms with van der Waals surface area (Å²) in [5, 5.41) is 5.62. The molecule has 0 fully saturated rings. The van der Waals surface area contributed by atoms with Crippen LogP contribution in [0.15, 0.2) is 58.3 Å². The van der Waals surface area contributed by atoms with Crippen LogP contribution in [-0.2, 0) is 14.4 Å². The molecule has 0 spiro atoms. The number of rotatable bonds is 3. The number of Topliss-reactive ketones (excluding diaryl/α,β-unsaturated/α-hetero) is 1. The number of hydrogen-bond acceptors (Lipinski definition) is 4. The highest BCUT2D eigenvalue weighted by Gasteiger charge is 2.41. The smallest absolute Gasteiger partial charge is 0.232 e. The maximum Gasteiger partial charge on any atom is 0.232 e. The summed E-state index contributed by atoms with van der Waals surface area (Å²) in [5.74, 6) is -0.848. The first kappa shape index (κ1) is 17.3. The van der Waals surface area contributed by atoms with Gasteiger partial charge in [0, 0.05) is 35.7 Å². The lowest BCUT2D eigenvalue weighted by atomic mass is 9.76. The summed E-state index contributed by atoms with van der Waals surface area (Å²) in [6, 6.07) is 11.0. The highest BCUT2D eigenvalue weighted by atomic mass is 16.3. The van der Waals surface area contributed by atoms with E-state index in [2.05, 4.69) is 10.6 Å². The molecule has 0 saturated heterocycles. The third-order valence-electron chi connectivity index (χ3n) is 5.12. The van der Waals surface area contributed by atoms with E-state index < -0.39 is 5.92 Å². The van der Waals surface area contributed by atoms with E-state index >= 15 is 0 Å². The van der Waals surface area contributed by atoms with Gasteiger partial charge in [0.2, 0.25) is 11.8 Å². The largest absolute Gasteiger partial charge is 0.469 e. The predicted octanol–water partition coefficient (Wildman–Crippen LogP) is 3.06. The number of allylic oxidation sites excluding steroid dienone is 1. The molecular formula is C21H20N2O4. The fourth-order valence-corrected chi connectivity index (χ4v) is 3.78. The summed E-state index contributed by atoms with van der Waals surface area (Å²) < 4.78 is 5.42. The number of nitrogens with one attached hydrogen (secondary N) is 2. The van der Waals surface area contributed by atoms with Crippen LogP contribution in [0.2, 0.25) is 0 Å². The molecule has 2 atom stereocenters. The van der Waals surface area contributed by atoms with Crippen LogP contribution in [0.3, 0.4) is 0 Å². The van der Waals surface area contributed by atoms with Crippen LogP contribution in [0.25, 0.3) is 0 Å². The van der Waals surface area contributed by atoms with Crippen LogP contribution in [0.4, 0.5) is 5.69 Å². The first-order valence-electron chi connectivity index (χ1n) is 8.98. The molecule has 138 valence electrons. The van der Waals surface area contributed by atoms with Crippen LogP contribution in [0, 0.1) is 12.8 Å². The van der Waals surface area contributed by atoms with Gasteiger partial charge in [0.15, 0.2) is 5.78 Å². The minimum atomic E-state index is -0.764. The van der Waals surface area contributed by atoms with E-state index in [1.807, 2.05) is 25.1 Å². The number of aryl methyl sites for hydroxylation is 1. The molecule has 0 saturated carbocycles. The van der Waals surface area contributed by atoms with Gasteiger partial charge in [-0.25, -0.2) is 0 Å². The maximum absolute atomic E-state index is 12.8. The number of furan rings is 1. The summed E-state index contributed by atoms with van der Waals surface area (Å²) in [6.45, 7) is 1.96. The number of hydrogen-bond donors (Lipinski definition) is 2. The second kappa shape index (κ2) is 6.87. The van der Waals surface area contributed by atoms with Crippen molar-refractivity contribution in [2.45, 2.75) is 32.1 Å². The van der Waals surface area contributed by atoms with Crippen molar-refractivity contribution >= 4 is 23.3 Å². The van der Waals surface area contributed by atoms with Gasteiger partial charge in [-0.3, -0.25) is 14.4 Å². The summed E-state index contributed by atoms with van der Waals surface area (Å²) >= 11 is 0. The molecule has 1 aliphatic carbocycles. The van der Waals surface area contributed by atoms with Crippen molar-refractivity contribution in [3.05, 3.63) is 65.3 Å². The van der Waals surface area contributed by atoms with E-state index in [0.29, 0.717) is 23.4 Å². The third-order valence-corrected chi connectivity index (χ3v) is 5.12. The van der Waals surface area contributed by atoms with Crippen molar-refractivity contribution in [3.8, 4) is 0 Å². The Hall–Kier alpha value is -3.15. The van der Waals surface area contributed by atoms with Gasteiger partial charge in [0.25, 0.3) is 0 Å². The Kier molecular flexibility index (Phi) is 4.39. The summed E-state index contributed by atoms with van der Waals surface area (Å²) in [4.78, 5) is 37.8. The average molecular weight is 364 g/mol. The van der Waals surface area contributed by atoms with Crippen LogP contribution in [-0.4, -0.2) is 17.6 Å². The Bertz CT molecular complexity index is 926. The number of carbonyl (C=O) groups excluding carboxylic acids is 3. The van der Waals surface area contributed by atoms with Gasteiger partial charge in [-0.05, 0) is 37.6 Å². The molecule has 0 unspecified atom stereocenters. The van der Waals surface area contributed by atoms with E-state index in [1.165, 1.54) is 0 Å². The molecule has 2 aromatic rings. The Morgan fingerprint density at radius 2 is 1.89 bits per heavy atom. The van der Waals surface area contributed by atoms with Crippen LogP contribution < -0.4 is 10.6 Å². The zero-order valence-corrected chi connectivity index (χ0v) is 15.0. The lowest BCUT2D eigenvalue weighted by molar-refractivity contribution is -0.129. The Balaban J connectivity index is 1.60. The third kappa shape index (κ3) is 3.43. The zero-order valence-electron chi connectivity index (χ0n) is 15.0. The Labute approximate surface area is 156 Å². The van der Waals surface area contributed by atoms with Gasteiger partial charge in [0.05, 0.1) is 12.2 Å². The van der Waals surface area contributed by atoms with Crippen LogP contribution in [0.5, 0.6) is 0 Å². The topological polar surface area (TPSA) is 88.4 Å². The number of anilines is 1. The summed E-state index contributed by atoms with van der Waals surface area (Å²) in [6.07, 6.45) is 2.31. The molecule has 6 heteroatoms. The van der Waals surface area contributed by atoms with Gasteiger partial charge in [-0.2, -0.15) is 0 Å². The minimum Gasteiger partial charge on any atom is -0.469 e. The predicted molar refractivity (Wildman–Crippen MR) is 98.8 cm³/mol. The molecule has 4 rings (SSSR count). The molecule has 2 heterocycles. The molecule has 6 nitrogen and oxygen atoms in total. The van der Waals surface area contributed by atoms with E-state index in [1.54, 1.807) is 24.5 Å². The van der Waals surface area contributed by atoms with Crippen molar-refractivity contribution in [3.63, 3.8) is 0 Å². The van der Waals surface area contributed by atoms with E-state index in [4.69, 9.17) is 4.42 Å². The first-order valence-corrected chi connectivity index (χ1v) is 8.98. The SMILES string of the molecule is Cc1ccc(NC(=O)[C@H]2CC(=O)NC3=C2C(=O)C[C@@H](c2ccco2)C3)cc1. The molecule has 2 amide bonds. The zero-order chi connectivity index (χ0) is 19.0. The quantitative estimate of drug-likeness (QED) is 0.876. The van der Waals surface area contributed by atoms with Crippen molar-refractivity contribution in [2.75, 3.05) is 5.32 Å². The van der Waals surface area contributed by atoms with Gasteiger partial charge in [0.1, 0.15) is 5.76 Å². The molecule has 2 aliphatic rings. The second-order valence-electron chi connectivity index (χ2n) is 7.10. The van der Waals surface area contributed by atoms with Crippen molar-refractivity contribution in [2.24, 2.45) is 5.92 Å². The molecule has 2 N–H and O–H groups in total. The van der Waals surface area contributed by atoms with Crippen LogP contribution in [0.1, 0.15) is 36.5 Å². The highest BCUT2D eigenvalue weighted by molar-refractivity contribution is 6.09. The molecule has 0 radical (unpaired) electrons.